The van der Waals surface area contributed by atoms with E-state index in [1.54, 1.807) is 23.0 Å². The second-order valence-electron chi connectivity index (χ2n) is 9.35. The average molecular weight is 566 g/mol. The van der Waals surface area contributed by atoms with E-state index >= 15 is 0 Å². The van der Waals surface area contributed by atoms with Crippen LogP contribution in [0.5, 0.6) is 0 Å². The van der Waals surface area contributed by atoms with Crippen molar-refractivity contribution in [1.29, 1.82) is 0 Å². The van der Waals surface area contributed by atoms with Crippen LogP contribution in [0.15, 0.2) is 61.2 Å². The van der Waals surface area contributed by atoms with Crippen molar-refractivity contribution in [3.05, 3.63) is 78.1 Å². The topological polar surface area (TPSA) is 120 Å². The van der Waals surface area contributed by atoms with Crippen molar-refractivity contribution in [2.75, 3.05) is 37.0 Å². The molecule has 1 saturated heterocycles. The molecular formula is C27H27ClFN8O3-. The van der Waals surface area contributed by atoms with Crippen LogP contribution >= 0.6 is 0 Å². The summed E-state index contributed by atoms with van der Waals surface area (Å²) in [6.07, 6.45) is 4.40. The molecule has 0 spiro atoms. The SMILES string of the molecule is Cc1c(NC(=O)OCC2COCCN2)cn2ncnc(Nc3ccc4c(cnn4Cc4cccc(F)c4)c3)c12.[Cl-]. The van der Waals surface area contributed by atoms with Gasteiger partial charge >= 0.3 is 6.09 Å². The average Bonchev–Trinajstić information content (AvgIpc) is 3.48. The zero-order valence-electron chi connectivity index (χ0n) is 21.6. The lowest BCUT2D eigenvalue weighted by atomic mass is 10.2. The molecule has 0 radical (unpaired) electrons. The number of carbonyl (C=O) groups excluding carboxylic acids is 1. The predicted molar refractivity (Wildman–Crippen MR) is 144 cm³/mol. The van der Waals surface area contributed by atoms with Crippen LogP contribution in [0.25, 0.3) is 16.4 Å². The molecule has 4 heterocycles. The number of hydrogen-bond acceptors (Lipinski definition) is 8. The molecule has 1 aliphatic rings. The van der Waals surface area contributed by atoms with Gasteiger partial charge in [-0.2, -0.15) is 10.2 Å². The van der Waals surface area contributed by atoms with Gasteiger partial charge in [-0.3, -0.25) is 10.00 Å². The van der Waals surface area contributed by atoms with Gasteiger partial charge in [-0.15, -0.1) is 0 Å². The van der Waals surface area contributed by atoms with E-state index < -0.39 is 6.09 Å². The van der Waals surface area contributed by atoms with E-state index in [1.807, 2.05) is 35.9 Å². The Morgan fingerprint density at radius 1 is 1.25 bits per heavy atom. The molecule has 0 saturated carbocycles. The van der Waals surface area contributed by atoms with Crippen LogP contribution in [0.2, 0.25) is 0 Å². The van der Waals surface area contributed by atoms with E-state index in [-0.39, 0.29) is 30.9 Å². The Hall–Kier alpha value is -4.26. The Morgan fingerprint density at radius 2 is 2.15 bits per heavy atom. The monoisotopic (exact) mass is 565 g/mol. The number of ether oxygens (including phenoxy) is 2. The molecule has 1 aliphatic heterocycles. The number of aromatic nitrogens is 5. The molecule has 6 rings (SSSR count). The van der Waals surface area contributed by atoms with Gasteiger partial charge < -0.3 is 32.5 Å². The standard InChI is InChI=1S/C27H27FN8O3.ClH/c1-17-23(34-27(37)39-15-22-14-38-8-7-29-22)13-36-25(17)26(30-16-32-36)33-21-5-6-24-19(10-21)11-31-35(24)12-18-3-2-4-20(28)9-18;/h2-6,9-11,13,16,22,29H,7-8,12,14-15H2,1H3,(H,34,37)(H,30,32,33);1H/p-1. The number of benzene rings is 2. The molecule has 208 valence electrons. The fraction of sp³-hybridized carbons (Fsp3) is 0.259. The number of nitrogens with zero attached hydrogens (tertiary/aromatic N) is 5. The second-order valence-corrected chi connectivity index (χ2v) is 9.35. The molecule has 1 fully saturated rings. The minimum atomic E-state index is -0.551. The minimum absolute atomic E-state index is 0. The van der Waals surface area contributed by atoms with Gasteiger partial charge in [0.25, 0.3) is 0 Å². The van der Waals surface area contributed by atoms with Gasteiger partial charge in [0, 0.05) is 23.2 Å². The maximum Gasteiger partial charge on any atom is 0.411 e. The van der Waals surface area contributed by atoms with Crippen LogP contribution in [0.4, 0.5) is 26.4 Å². The van der Waals surface area contributed by atoms with E-state index in [9.17, 15) is 9.18 Å². The van der Waals surface area contributed by atoms with Gasteiger partial charge in [-0.05, 0) is 42.8 Å². The largest absolute Gasteiger partial charge is 1.00 e. The quantitative estimate of drug-likeness (QED) is 0.266. The van der Waals surface area contributed by atoms with E-state index in [4.69, 9.17) is 9.47 Å². The third kappa shape index (κ3) is 5.83. The molecular weight excluding hydrogens is 539 g/mol. The number of morpholine rings is 1. The van der Waals surface area contributed by atoms with Gasteiger partial charge in [0.2, 0.25) is 0 Å². The van der Waals surface area contributed by atoms with Gasteiger partial charge in [0.15, 0.2) is 5.82 Å². The van der Waals surface area contributed by atoms with Gasteiger partial charge in [-0.25, -0.2) is 18.7 Å². The smallest absolute Gasteiger partial charge is 0.411 e. The first kappa shape index (κ1) is 27.3. The van der Waals surface area contributed by atoms with Crippen molar-refractivity contribution in [3.63, 3.8) is 0 Å². The van der Waals surface area contributed by atoms with Crippen molar-refractivity contribution in [3.8, 4) is 0 Å². The first-order valence-corrected chi connectivity index (χ1v) is 12.6. The third-order valence-corrected chi connectivity index (χ3v) is 6.60. The second kappa shape index (κ2) is 11.9. The molecule has 1 amide bonds. The van der Waals surface area contributed by atoms with Gasteiger partial charge in [-0.1, -0.05) is 12.1 Å². The van der Waals surface area contributed by atoms with Crippen molar-refractivity contribution in [1.82, 2.24) is 29.7 Å². The first-order chi connectivity index (χ1) is 19.0. The maximum absolute atomic E-state index is 13.6. The van der Waals surface area contributed by atoms with E-state index in [0.29, 0.717) is 31.3 Å². The molecule has 1 unspecified atom stereocenters. The lowest BCUT2D eigenvalue weighted by molar-refractivity contribution is -0.0000166. The summed E-state index contributed by atoms with van der Waals surface area (Å²) in [5.74, 6) is 0.313. The summed E-state index contributed by atoms with van der Waals surface area (Å²) in [5.41, 5.74) is 4.66. The molecule has 13 heteroatoms. The van der Waals surface area contributed by atoms with Gasteiger partial charge in [0.1, 0.15) is 24.3 Å². The fourth-order valence-electron chi connectivity index (χ4n) is 4.66. The number of nitrogens with one attached hydrogen (secondary N) is 3. The highest BCUT2D eigenvalue weighted by molar-refractivity contribution is 5.91. The molecule has 40 heavy (non-hydrogen) atoms. The molecule has 3 aromatic heterocycles. The molecule has 0 aliphatic carbocycles. The summed E-state index contributed by atoms with van der Waals surface area (Å²) in [6.45, 7) is 4.46. The number of hydrogen-bond donors (Lipinski definition) is 3. The van der Waals surface area contributed by atoms with Crippen molar-refractivity contribution >= 4 is 39.7 Å². The van der Waals surface area contributed by atoms with Crippen molar-refractivity contribution < 1.29 is 31.1 Å². The van der Waals surface area contributed by atoms with Gasteiger partial charge in [0.05, 0.1) is 49.4 Å². The predicted octanol–water partition coefficient (Wildman–Crippen LogP) is 0.859. The fourth-order valence-corrected chi connectivity index (χ4v) is 4.66. The van der Waals surface area contributed by atoms with Crippen molar-refractivity contribution in [2.24, 2.45) is 0 Å². The molecule has 2 aromatic carbocycles. The molecule has 11 nitrogen and oxygen atoms in total. The Balaban J connectivity index is 0.00000323. The Labute approximate surface area is 235 Å². The molecule has 1 atom stereocenters. The summed E-state index contributed by atoms with van der Waals surface area (Å²) in [4.78, 5) is 16.9. The zero-order valence-corrected chi connectivity index (χ0v) is 22.4. The van der Waals surface area contributed by atoms with E-state index in [1.165, 1.54) is 18.5 Å². The number of fused-ring (bicyclic) bond motifs is 2. The van der Waals surface area contributed by atoms with Crippen LogP contribution in [0.3, 0.4) is 0 Å². The first-order valence-electron chi connectivity index (χ1n) is 12.6. The van der Waals surface area contributed by atoms with Crippen LogP contribution in [-0.4, -0.2) is 62.9 Å². The number of anilines is 3. The number of carbonyl (C=O) groups is 1. The summed E-state index contributed by atoms with van der Waals surface area (Å²) in [5, 5.41) is 19.1. The highest BCUT2D eigenvalue weighted by Crippen LogP contribution is 2.29. The summed E-state index contributed by atoms with van der Waals surface area (Å²) < 4.78 is 27.8. The van der Waals surface area contributed by atoms with E-state index in [2.05, 4.69) is 31.1 Å². The molecule has 3 N–H and O–H groups in total. The third-order valence-electron chi connectivity index (χ3n) is 6.60. The minimum Gasteiger partial charge on any atom is -1.00 e. The highest BCUT2D eigenvalue weighted by Gasteiger charge is 2.18. The molecule has 5 aromatic rings. The normalized spacial score (nSPS) is 15.1. The number of aryl methyl sites for hydroxylation is 1. The van der Waals surface area contributed by atoms with Crippen LogP contribution < -0.4 is 28.4 Å². The van der Waals surface area contributed by atoms with Crippen LogP contribution in [0, 0.1) is 12.7 Å². The number of halogens is 2. The zero-order chi connectivity index (χ0) is 26.8. The van der Waals surface area contributed by atoms with Crippen LogP contribution in [-0.2, 0) is 16.0 Å². The molecule has 0 bridgehead atoms. The lowest BCUT2D eigenvalue weighted by Gasteiger charge is -2.23. The Bertz CT molecular complexity index is 1650. The highest BCUT2D eigenvalue weighted by atomic mass is 35.5. The maximum atomic E-state index is 13.6. The van der Waals surface area contributed by atoms with Crippen LogP contribution in [0.1, 0.15) is 11.1 Å². The summed E-state index contributed by atoms with van der Waals surface area (Å²) >= 11 is 0. The summed E-state index contributed by atoms with van der Waals surface area (Å²) in [6, 6.07) is 12.3. The number of amides is 1. The van der Waals surface area contributed by atoms with Crippen molar-refractivity contribution in [2.45, 2.75) is 19.5 Å². The summed E-state index contributed by atoms with van der Waals surface area (Å²) in [7, 11) is 0. The number of rotatable bonds is 7. The Kier molecular flexibility index (Phi) is 8.10. The Morgan fingerprint density at radius 3 is 2.98 bits per heavy atom. The van der Waals surface area contributed by atoms with E-state index in [0.717, 1.165) is 39.8 Å². The lowest BCUT2D eigenvalue weighted by Crippen LogP contribution is -3.00.